The summed E-state index contributed by atoms with van der Waals surface area (Å²) in [5.74, 6) is 0.728. The number of nitrogens with zero attached hydrogens (tertiary/aromatic N) is 1. The number of para-hydroxylation sites is 1. The van der Waals surface area contributed by atoms with Crippen LogP contribution in [-0.2, 0) is 4.79 Å². The van der Waals surface area contributed by atoms with Gasteiger partial charge >= 0.3 is 0 Å². The highest BCUT2D eigenvalue weighted by Crippen LogP contribution is 2.28. The molecule has 0 bridgehead atoms. The first kappa shape index (κ1) is 25.2. The van der Waals surface area contributed by atoms with Gasteiger partial charge in [0.25, 0.3) is 5.91 Å². The van der Waals surface area contributed by atoms with Gasteiger partial charge in [-0.2, -0.15) is 0 Å². The Bertz CT molecular complexity index is 1060. The van der Waals surface area contributed by atoms with Gasteiger partial charge in [0.05, 0.1) is 25.5 Å². The Morgan fingerprint density at radius 1 is 1.03 bits per heavy atom. The van der Waals surface area contributed by atoms with Crippen molar-refractivity contribution in [2.75, 3.05) is 26.6 Å². The van der Waals surface area contributed by atoms with Crippen molar-refractivity contribution in [3.05, 3.63) is 59.7 Å². The lowest BCUT2D eigenvalue weighted by atomic mass is 9.94. The molecular formula is C26H31N3O4S. The monoisotopic (exact) mass is 481 g/mol. The van der Waals surface area contributed by atoms with Crippen LogP contribution in [0.15, 0.2) is 48.5 Å². The molecule has 1 fully saturated rings. The summed E-state index contributed by atoms with van der Waals surface area (Å²) in [5, 5.41) is 5.73. The van der Waals surface area contributed by atoms with E-state index in [1.54, 1.807) is 44.6 Å². The summed E-state index contributed by atoms with van der Waals surface area (Å²) in [4.78, 5) is 27.3. The maximum Gasteiger partial charge on any atom is 0.255 e. The normalized spacial score (nSPS) is 13.9. The van der Waals surface area contributed by atoms with Crippen molar-refractivity contribution in [2.24, 2.45) is 0 Å². The first-order valence-corrected chi connectivity index (χ1v) is 11.7. The molecule has 8 heteroatoms. The lowest BCUT2D eigenvalue weighted by molar-refractivity contribution is -0.115. The van der Waals surface area contributed by atoms with E-state index in [2.05, 4.69) is 10.6 Å². The fraction of sp³-hybridized carbons (Fsp3) is 0.346. The van der Waals surface area contributed by atoms with E-state index in [0.29, 0.717) is 22.7 Å². The molecule has 2 aromatic carbocycles. The van der Waals surface area contributed by atoms with E-state index in [4.69, 9.17) is 21.7 Å². The number of carbonyl (C=O) groups excluding carboxylic acids is 2. The van der Waals surface area contributed by atoms with E-state index in [1.807, 2.05) is 30.1 Å². The number of nitrogens with one attached hydrogen (secondary N) is 2. The van der Waals surface area contributed by atoms with Gasteiger partial charge in [-0.3, -0.25) is 14.9 Å². The van der Waals surface area contributed by atoms with E-state index in [9.17, 15) is 9.59 Å². The van der Waals surface area contributed by atoms with Gasteiger partial charge in [-0.25, -0.2) is 0 Å². The molecule has 0 saturated heterocycles. The zero-order chi connectivity index (χ0) is 24.5. The van der Waals surface area contributed by atoms with Crippen LogP contribution in [0, 0.1) is 0 Å². The van der Waals surface area contributed by atoms with Crippen molar-refractivity contribution in [3.8, 4) is 11.5 Å². The van der Waals surface area contributed by atoms with Crippen LogP contribution in [0.1, 0.15) is 48.0 Å². The zero-order valence-corrected chi connectivity index (χ0v) is 20.6. The average molecular weight is 482 g/mol. The molecule has 1 aliphatic rings. The molecule has 0 radical (unpaired) electrons. The number of benzene rings is 2. The van der Waals surface area contributed by atoms with Crippen LogP contribution in [0.3, 0.4) is 0 Å². The summed E-state index contributed by atoms with van der Waals surface area (Å²) in [6.07, 6.45) is 8.60. The summed E-state index contributed by atoms with van der Waals surface area (Å²) in [6, 6.07) is 12.8. The van der Waals surface area contributed by atoms with E-state index in [1.165, 1.54) is 12.5 Å². The van der Waals surface area contributed by atoms with Crippen LogP contribution < -0.4 is 20.1 Å². The molecule has 180 valence electrons. The largest absolute Gasteiger partial charge is 0.493 e. The number of rotatable bonds is 7. The molecule has 1 saturated carbocycles. The van der Waals surface area contributed by atoms with Gasteiger partial charge in [0.1, 0.15) is 0 Å². The summed E-state index contributed by atoms with van der Waals surface area (Å²) < 4.78 is 10.5. The Labute approximate surface area is 206 Å². The van der Waals surface area contributed by atoms with Crippen molar-refractivity contribution in [1.29, 1.82) is 0 Å². The highest BCUT2D eigenvalue weighted by atomic mass is 32.1. The van der Waals surface area contributed by atoms with Gasteiger partial charge in [-0.05, 0) is 61.0 Å². The number of amides is 2. The van der Waals surface area contributed by atoms with Crippen molar-refractivity contribution < 1.29 is 19.1 Å². The minimum absolute atomic E-state index is 0.0579. The van der Waals surface area contributed by atoms with Gasteiger partial charge in [0.15, 0.2) is 16.6 Å². The smallest absolute Gasteiger partial charge is 0.255 e. The molecule has 0 heterocycles. The lowest BCUT2D eigenvalue weighted by Gasteiger charge is -2.31. The number of methoxy groups -OCH3 is 2. The Balaban J connectivity index is 1.62. The van der Waals surface area contributed by atoms with Crippen molar-refractivity contribution in [1.82, 2.24) is 10.2 Å². The first-order valence-electron chi connectivity index (χ1n) is 11.3. The van der Waals surface area contributed by atoms with E-state index < -0.39 is 5.91 Å². The van der Waals surface area contributed by atoms with Gasteiger partial charge in [0, 0.05) is 19.2 Å². The molecule has 0 spiro atoms. The number of ether oxygens (including phenoxy) is 2. The molecule has 0 atom stereocenters. The Hall–Kier alpha value is -3.39. The first-order chi connectivity index (χ1) is 16.4. The second-order valence-corrected chi connectivity index (χ2v) is 8.55. The molecular weight excluding hydrogens is 450 g/mol. The number of hydrogen-bond acceptors (Lipinski definition) is 5. The fourth-order valence-corrected chi connectivity index (χ4v) is 4.25. The average Bonchev–Trinajstić information content (AvgIpc) is 2.87. The Kier molecular flexibility index (Phi) is 9.04. The molecule has 1 aliphatic carbocycles. The highest BCUT2D eigenvalue weighted by Gasteiger charge is 2.24. The van der Waals surface area contributed by atoms with Crippen molar-refractivity contribution in [3.63, 3.8) is 0 Å². The van der Waals surface area contributed by atoms with Gasteiger partial charge in [0.2, 0.25) is 5.91 Å². The number of carbonyl (C=O) groups is 2. The predicted molar refractivity (Wildman–Crippen MR) is 138 cm³/mol. The second kappa shape index (κ2) is 12.2. The molecule has 2 amide bonds. The van der Waals surface area contributed by atoms with E-state index >= 15 is 0 Å². The number of hydrogen-bond donors (Lipinski definition) is 2. The Morgan fingerprint density at radius 2 is 1.74 bits per heavy atom. The molecule has 2 aromatic rings. The topological polar surface area (TPSA) is 79.9 Å². The SMILES string of the molecule is COc1ccc(/C=C/C(=O)NC(=S)Nc2ccccc2C(=O)N(C)C2CCCCC2)cc1OC. The predicted octanol–water partition coefficient (Wildman–Crippen LogP) is 4.63. The van der Waals surface area contributed by atoms with Crippen LogP contribution in [0.5, 0.6) is 11.5 Å². The van der Waals surface area contributed by atoms with E-state index in [-0.39, 0.29) is 17.1 Å². The minimum Gasteiger partial charge on any atom is -0.493 e. The van der Waals surface area contributed by atoms with Crippen LogP contribution in [0.4, 0.5) is 5.69 Å². The molecule has 7 nitrogen and oxygen atoms in total. The van der Waals surface area contributed by atoms with Crippen LogP contribution in [-0.4, -0.2) is 49.1 Å². The number of anilines is 1. The lowest BCUT2D eigenvalue weighted by Crippen LogP contribution is -2.39. The maximum atomic E-state index is 13.2. The molecule has 3 rings (SSSR count). The molecule has 0 aliphatic heterocycles. The quantitative estimate of drug-likeness (QED) is 0.443. The summed E-state index contributed by atoms with van der Waals surface area (Å²) in [6.45, 7) is 0. The number of thiocarbonyl (C=S) groups is 1. The third kappa shape index (κ3) is 6.57. The van der Waals surface area contributed by atoms with E-state index in [0.717, 1.165) is 31.2 Å². The molecule has 0 aromatic heterocycles. The third-order valence-electron chi connectivity index (χ3n) is 5.92. The molecule has 0 unspecified atom stereocenters. The zero-order valence-electron chi connectivity index (χ0n) is 19.8. The molecule has 2 N–H and O–H groups in total. The fourth-order valence-electron chi connectivity index (χ4n) is 4.04. The summed E-state index contributed by atoms with van der Waals surface area (Å²) in [5.41, 5.74) is 1.85. The minimum atomic E-state index is -0.393. The van der Waals surface area contributed by atoms with Crippen molar-refractivity contribution in [2.45, 2.75) is 38.1 Å². The van der Waals surface area contributed by atoms with Gasteiger partial charge in [-0.1, -0.05) is 37.5 Å². The summed E-state index contributed by atoms with van der Waals surface area (Å²) in [7, 11) is 4.97. The van der Waals surface area contributed by atoms with Crippen LogP contribution in [0.2, 0.25) is 0 Å². The van der Waals surface area contributed by atoms with Gasteiger partial charge in [-0.15, -0.1) is 0 Å². The summed E-state index contributed by atoms with van der Waals surface area (Å²) >= 11 is 5.31. The molecule has 34 heavy (non-hydrogen) atoms. The highest BCUT2D eigenvalue weighted by molar-refractivity contribution is 7.80. The van der Waals surface area contributed by atoms with Crippen LogP contribution >= 0.6 is 12.2 Å². The maximum absolute atomic E-state index is 13.2. The third-order valence-corrected chi connectivity index (χ3v) is 6.12. The van der Waals surface area contributed by atoms with Crippen LogP contribution in [0.25, 0.3) is 6.08 Å². The standard InChI is InChI=1S/C26H31N3O4S/c1-29(19-9-5-4-6-10-19)25(31)20-11-7-8-12-21(20)27-26(34)28-24(30)16-14-18-13-15-22(32-2)23(17-18)33-3/h7-8,11-17,19H,4-6,9-10H2,1-3H3,(H2,27,28,30,34)/b16-14+. The second-order valence-electron chi connectivity index (χ2n) is 8.14. The van der Waals surface area contributed by atoms with Crippen molar-refractivity contribution >= 4 is 40.9 Å². The van der Waals surface area contributed by atoms with Gasteiger partial charge < -0.3 is 19.7 Å². The Morgan fingerprint density at radius 3 is 2.44 bits per heavy atom.